The summed E-state index contributed by atoms with van der Waals surface area (Å²) in [6.07, 6.45) is 0.524. The molecule has 6 nitrogen and oxygen atoms in total. The van der Waals surface area contributed by atoms with Crippen LogP contribution < -0.4 is 0 Å². The number of fused-ring (bicyclic) bond motifs is 1. The van der Waals surface area contributed by atoms with Gasteiger partial charge in [0.15, 0.2) is 5.82 Å². The second-order valence-electron chi connectivity index (χ2n) is 7.58. The van der Waals surface area contributed by atoms with E-state index >= 15 is 0 Å². The molecule has 2 heterocycles. The zero-order chi connectivity index (χ0) is 20.5. The fourth-order valence-electron chi connectivity index (χ4n) is 3.46. The van der Waals surface area contributed by atoms with E-state index in [2.05, 4.69) is 34.2 Å². The van der Waals surface area contributed by atoms with Crippen molar-refractivity contribution in [1.29, 1.82) is 0 Å². The number of nitrogens with one attached hydrogen (secondary N) is 1. The molecule has 6 heteroatoms. The Kier molecular flexibility index (Phi) is 4.92. The van der Waals surface area contributed by atoms with E-state index in [1.54, 1.807) is 11.9 Å². The molecule has 2 aromatic heterocycles. The highest BCUT2D eigenvalue weighted by Crippen LogP contribution is 2.23. The van der Waals surface area contributed by atoms with Crippen LogP contribution in [0.15, 0.2) is 47.0 Å². The summed E-state index contributed by atoms with van der Waals surface area (Å²) in [5, 5.41) is 5.18. The lowest BCUT2D eigenvalue weighted by Gasteiger charge is -2.17. The monoisotopic (exact) mass is 388 g/mol. The topological polar surface area (TPSA) is 75.0 Å². The molecule has 0 aliphatic carbocycles. The van der Waals surface area contributed by atoms with Gasteiger partial charge in [-0.1, -0.05) is 34.5 Å². The Morgan fingerprint density at radius 3 is 2.62 bits per heavy atom. The van der Waals surface area contributed by atoms with Crippen molar-refractivity contribution < 1.29 is 9.32 Å². The number of carbonyl (C=O) groups is 1. The van der Waals surface area contributed by atoms with Gasteiger partial charge in [0.1, 0.15) is 5.69 Å². The van der Waals surface area contributed by atoms with Gasteiger partial charge in [0.25, 0.3) is 11.8 Å². The zero-order valence-electron chi connectivity index (χ0n) is 17.1. The number of hydrogen-bond acceptors (Lipinski definition) is 4. The van der Waals surface area contributed by atoms with Crippen molar-refractivity contribution in [3.63, 3.8) is 0 Å². The molecule has 4 aromatic rings. The molecular weight excluding hydrogens is 364 g/mol. The minimum atomic E-state index is -0.00259. The van der Waals surface area contributed by atoms with Crippen molar-refractivity contribution in [2.45, 2.75) is 27.2 Å². The van der Waals surface area contributed by atoms with Gasteiger partial charge in [-0.15, -0.1) is 0 Å². The highest BCUT2D eigenvalue weighted by atomic mass is 16.5. The second-order valence-corrected chi connectivity index (χ2v) is 7.58. The quantitative estimate of drug-likeness (QED) is 0.548. The molecule has 0 spiro atoms. The highest BCUT2D eigenvalue weighted by molar-refractivity contribution is 5.95. The summed E-state index contributed by atoms with van der Waals surface area (Å²) < 4.78 is 5.42. The minimum absolute atomic E-state index is 0.00259. The average Bonchev–Trinajstić information content (AvgIpc) is 3.32. The van der Waals surface area contributed by atoms with E-state index in [1.165, 1.54) is 5.56 Å². The van der Waals surface area contributed by atoms with E-state index < -0.39 is 0 Å². The predicted molar refractivity (Wildman–Crippen MR) is 113 cm³/mol. The smallest absolute Gasteiger partial charge is 0.274 e. The summed E-state index contributed by atoms with van der Waals surface area (Å²) in [4.78, 5) is 22.2. The molecule has 148 valence electrons. The summed E-state index contributed by atoms with van der Waals surface area (Å²) in [6, 6.07) is 14.1. The number of aromatic nitrogens is 3. The van der Waals surface area contributed by atoms with Gasteiger partial charge in [-0.05, 0) is 50.6 Å². The van der Waals surface area contributed by atoms with Crippen LogP contribution in [0.1, 0.15) is 32.9 Å². The van der Waals surface area contributed by atoms with Crippen molar-refractivity contribution >= 4 is 16.8 Å². The summed E-state index contributed by atoms with van der Waals surface area (Å²) in [7, 11) is 1.79. The fraction of sp³-hybridized carbons (Fsp3) is 0.261. The second kappa shape index (κ2) is 7.54. The molecule has 29 heavy (non-hydrogen) atoms. The Balaban J connectivity index is 1.44. The molecule has 0 aliphatic rings. The number of benzene rings is 2. The van der Waals surface area contributed by atoms with E-state index in [9.17, 15) is 4.79 Å². The van der Waals surface area contributed by atoms with E-state index in [4.69, 9.17) is 4.52 Å². The lowest BCUT2D eigenvalue weighted by Crippen LogP contribution is -2.29. The molecule has 0 radical (unpaired) electrons. The molecule has 0 saturated carbocycles. The first-order valence-electron chi connectivity index (χ1n) is 9.66. The van der Waals surface area contributed by atoms with Crippen LogP contribution in [-0.2, 0) is 6.42 Å². The van der Waals surface area contributed by atoms with Crippen LogP contribution in [-0.4, -0.2) is 39.5 Å². The van der Waals surface area contributed by atoms with E-state index in [0.717, 1.165) is 33.3 Å². The van der Waals surface area contributed by atoms with Crippen LogP contribution in [0.3, 0.4) is 0 Å². The molecule has 4 rings (SSSR count). The SMILES string of the molecule is Cc1ccc(C(=O)N(C)CCc2noc(-c3cc4cc(C)ccc4[nH]3)n2)c(C)c1. The number of aryl methyl sites for hydroxylation is 3. The van der Waals surface area contributed by atoms with Crippen molar-refractivity contribution in [3.05, 3.63) is 70.5 Å². The Morgan fingerprint density at radius 2 is 1.83 bits per heavy atom. The average molecular weight is 388 g/mol. The van der Waals surface area contributed by atoms with E-state index in [1.807, 2.05) is 44.2 Å². The van der Waals surface area contributed by atoms with Crippen molar-refractivity contribution in [2.75, 3.05) is 13.6 Å². The highest BCUT2D eigenvalue weighted by Gasteiger charge is 2.16. The van der Waals surface area contributed by atoms with Crippen LogP contribution >= 0.6 is 0 Å². The molecule has 0 aliphatic heterocycles. The lowest BCUT2D eigenvalue weighted by atomic mass is 10.0. The number of amides is 1. The van der Waals surface area contributed by atoms with Gasteiger partial charge in [-0.3, -0.25) is 4.79 Å². The summed E-state index contributed by atoms with van der Waals surface area (Å²) in [6.45, 7) is 6.55. The molecular formula is C23H24N4O2. The fourth-order valence-corrected chi connectivity index (χ4v) is 3.46. The van der Waals surface area contributed by atoms with Gasteiger partial charge in [-0.2, -0.15) is 4.98 Å². The Bertz CT molecular complexity index is 1190. The number of aromatic amines is 1. The number of hydrogen-bond donors (Lipinski definition) is 1. The molecule has 0 saturated heterocycles. The number of likely N-dealkylation sites (N-methyl/N-ethyl adjacent to an activating group) is 1. The molecule has 0 fully saturated rings. The van der Waals surface area contributed by atoms with Crippen LogP contribution in [0.25, 0.3) is 22.5 Å². The lowest BCUT2D eigenvalue weighted by molar-refractivity contribution is 0.0795. The first kappa shape index (κ1) is 18.9. The van der Waals surface area contributed by atoms with Gasteiger partial charge < -0.3 is 14.4 Å². The molecule has 0 bridgehead atoms. The van der Waals surface area contributed by atoms with Crippen molar-refractivity contribution in [3.8, 4) is 11.6 Å². The van der Waals surface area contributed by atoms with Crippen LogP contribution in [0, 0.1) is 20.8 Å². The largest absolute Gasteiger partial charge is 0.351 e. The van der Waals surface area contributed by atoms with Gasteiger partial charge in [0.05, 0.1) is 0 Å². The van der Waals surface area contributed by atoms with Gasteiger partial charge in [0.2, 0.25) is 0 Å². The normalized spacial score (nSPS) is 11.2. The third kappa shape index (κ3) is 3.92. The molecule has 2 aromatic carbocycles. The Morgan fingerprint density at radius 1 is 1.07 bits per heavy atom. The number of H-pyrrole nitrogens is 1. The molecule has 1 N–H and O–H groups in total. The number of carbonyl (C=O) groups excluding carboxylic acids is 1. The van der Waals surface area contributed by atoms with Gasteiger partial charge in [-0.25, -0.2) is 0 Å². The van der Waals surface area contributed by atoms with E-state index in [-0.39, 0.29) is 5.91 Å². The van der Waals surface area contributed by atoms with Gasteiger partial charge in [0, 0.05) is 36.5 Å². The standard InChI is InChI=1S/C23H24N4O2/c1-14-5-7-18(16(3)11-14)23(28)27(4)10-9-21-25-22(29-26-21)20-13-17-12-15(2)6-8-19(17)24-20/h5-8,11-13,24H,9-10H2,1-4H3. The van der Waals surface area contributed by atoms with Crippen LogP contribution in [0.2, 0.25) is 0 Å². The maximum absolute atomic E-state index is 12.7. The number of nitrogens with zero attached hydrogens (tertiary/aromatic N) is 3. The van der Waals surface area contributed by atoms with Gasteiger partial charge >= 0.3 is 0 Å². The molecule has 0 unspecified atom stereocenters. The Hall–Kier alpha value is -3.41. The summed E-state index contributed by atoms with van der Waals surface area (Å²) in [5.74, 6) is 1.03. The van der Waals surface area contributed by atoms with Crippen LogP contribution in [0.5, 0.6) is 0 Å². The molecule has 1 amide bonds. The van der Waals surface area contributed by atoms with Crippen LogP contribution in [0.4, 0.5) is 0 Å². The maximum atomic E-state index is 12.7. The molecule has 0 atom stereocenters. The first-order valence-corrected chi connectivity index (χ1v) is 9.66. The van der Waals surface area contributed by atoms with Crippen molar-refractivity contribution in [1.82, 2.24) is 20.0 Å². The predicted octanol–water partition coefficient (Wildman–Crippen LogP) is 4.46. The zero-order valence-corrected chi connectivity index (χ0v) is 17.1. The third-order valence-corrected chi connectivity index (χ3v) is 5.10. The Labute approximate surface area is 169 Å². The minimum Gasteiger partial charge on any atom is -0.351 e. The number of rotatable bonds is 5. The van der Waals surface area contributed by atoms with E-state index in [0.29, 0.717) is 24.7 Å². The third-order valence-electron chi connectivity index (χ3n) is 5.10. The summed E-state index contributed by atoms with van der Waals surface area (Å²) in [5.41, 5.74) is 5.88. The first-order chi connectivity index (χ1) is 13.9. The maximum Gasteiger partial charge on any atom is 0.274 e. The summed E-state index contributed by atoms with van der Waals surface area (Å²) >= 11 is 0. The van der Waals surface area contributed by atoms with Crippen molar-refractivity contribution in [2.24, 2.45) is 0 Å².